The molecule has 0 aliphatic rings. The van der Waals surface area contributed by atoms with Crippen molar-refractivity contribution in [3.8, 4) is 11.1 Å². The molecule has 0 saturated carbocycles. The molecule has 0 unspecified atom stereocenters. The van der Waals surface area contributed by atoms with Gasteiger partial charge in [-0.05, 0) is 29.3 Å². The molecule has 0 aromatic heterocycles. The quantitative estimate of drug-likeness (QED) is 0.309. The molecular formula is C13H12N4. The van der Waals surface area contributed by atoms with Gasteiger partial charge in [0.2, 0.25) is 0 Å². The predicted molar refractivity (Wildman–Crippen MR) is 67.6 cm³/mol. The second-order valence-electron chi connectivity index (χ2n) is 3.39. The van der Waals surface area contributed by atoms with Gasteiger partial charge in [0.05, 0.1) is 0 Å². The Balaban J connectivity index is 2.56. The van der Waals surface area contributed by atoms with Crippen LogP contribution in [0.3, 0.4) is 0 Å². The normalized spacial score (nSPS) is 10.8. The minimum atomic E-state index is 0.438. The first-order valence-electron chi connectivity index (χ1n) is 5.09. The first kappa shape index (κ1) is 11.0. The molecule has 0 atom stereocenters. The number of hydrazone groups is 1. The van der Waals surface area contributed by atoms with Gasteiger partial charge in [-0.3, -0.25) is 0 Å². The van der Waals surface area contributed by atoms with Gasteiger partial charge in [0, 0.05) is 5.56 Å². The second-order valence-corrected chi connectivity index (χ2v) is 3.39. The molecule has 2 aromatic carbocycles. The summed E-state index contributed by atoms with van der Waals surface area (Å²) in [6.07, 6.45) is 0. The number of hydrogen-bond donors (Lipinski definition) is 3. The molecule has 0 bridgehead atoms. The van der Waals surface area contributed by atoms with Gasteiger partial charge >= 0.3 is 0 Å². The van der Waals surface area contributed by atoms with Crippen molar-refractivity contribution in [2.75, 3.05) is 0 Å². The van der Waals surface area contributed by atoms with Crippen molar-refractivity contribution in [3.63, 3.8) is 0 Å². The van der Waals surface area contributed by atoms with Gasteiger partial charge in [-0.15, -0.1) is 0 Å². The van der Waals surface area contributed by atoms with Crippen LogP contribution in [0, 0.1) is 12.1 Å². The Bertz CT molecular complexity index is 520. The van der Waals surface area contributed by atoms with Crippen molar-refractivity contribution < 1.29 is 0 Å². The van der Waals surface area contributed by atoms with Crippen LogP contribution in [0.2, 0.25) is 0 Å². The zero-order valence-corrected chi connectivity index (χ0v) is 9.14. The van der Waals surface area contributed by atoms with E-state index in [9.17, 15) is 0 Å². The van der Waals surface area contributed by atoms with Gasteiger partial charge in [0.1, 0.15) is 0 Å². The number of nitrogens with one attached hydrogen (secondary N) is 1. The molecular weight excluding hydrogens is 212 g/mol. The molecule has 0 heterocycles. The monoisotopic (exact) mass is 224 g/mol. The first-order chi connectivity index (χ1) is 8.36. The third-order valence-electron chi connectivity index (χ3n) is 2.42. The highest BCUT2D eigenvalue weighted by molar-refractivity contribution is 6.03. The summed E-state index contributed by atoms with van der Waals surface area (Å²) in [5, 5.41) is 3.63. The van der Waals surface area contributed by atoms with Crippen LogP contribution in [0.25, 0.3) is 11.1 Å². The number of hydrazine groups is 1. The Hall–Kier alpha value is -2.51. The number of hydrogen-bond acceptors (Lipinski definition) is 3. The number of rotatable bonds is 2. The summed E-state index contributed by atoms with van der Waals surface area (Å²) in [5.41, 5.74) is 5.33. The van der Waals surface area contributed by atoms with E-state index in [1.165, 1.54) is 0 Å². The van der Waals surface area contributed by atoms with E-state index in [1.54, 1.807) is 6.07 Å². The SMILES string of the molecule is NN=C(NN)c1ccccc1-c1cc#ccc1. The fourth-order valence-electron chi connectivity index (χ4n) is 1.64. The number of amidine groups is 1. The minimum absolute atomic E-state index is 0.438. The number of nitrogens with two attached hydrogens (primary N) is 2. The molecule has 0 aliphatic carbocycles. The standard InChI is InChI=1S/C13H12N4/c14-16-13(17-15)12-9-5-4-8-11(12)10-6-2-1-3-7-10/h2,4-9H,14-15H2,(H,16,17). The summed E-state index contributed by atoms with van der Waals surface area (Å²) in [5.74, 6) is 11.1. The maximum absolute atomic E-state index is 5.39. The molecule has 5 N–H and O–H groups in total. The van der Waals surface area contributed by atoms with Crippen LogP contribution in [0.1, 0.15) is 5.56 Å². The Labute approximate surface area is 99.9 Å². The number of nitrogens with zero attached hydrogens (tertiary/aromatic N) is 1. The number of benzene rings is 1. The van der Waals surface area contributed by atoms with Crippen molar-refractivity contribution in [1.29, 1.82) is 0 Å². The van der Waals surface area contributed by atoms with Crippen molar-refractivity contribution in [2.24, 2.45) is 16.8 Å². The third-order valence-corrected chi connectivity index (χ3v) is 2.42. The molecule has 0 aliphatic heterocycles. The highest BCUT2D eigenvalue weighted by Crippen LogP contribution is 2.22. The lowest BCUT2D eigenvalue weighted by Gasteiger charge is -2.10. The van der Waals surface area contributed by atoms with E-state index < -0.39 is 0 Å². The van der Waals surface area contributed by atoms with Gasteiger partial charge < -0.3 is 11.3 Å². The fourth-order valence-corrected chi connectivity index (χ4v) is 1.64. The summed E-state index contributed by atoms with van der Waals surface area (Å²) in [4.78, 5) is 0. The first-order valence-corrected chi connectivity index (χ1v) is 5.09. The Morgan fingerprint density at radius 2 is 2.00 bits per heavy atom. The molecule has 4 heteroatoms. The summed E-state index contributed by atoms with van der Waals surface area (Å²) in [6, 6.07) is 19.1. The van der Waals surface area contributed by atoms with Crippen molar-refractivity contribution >= 4 is 5.84 Å². The Morgan fingerprint density at radius 3 is 2.65 bits per heavy atom. The topological polar surface area (TPSA) is 76.4 Å². The summed E-state index contributed by atoms with van der Waals surface area (Å²) in [6.45, 7) is 0. The summed E-state index contributed by atoms with van der Waals surface area (Å²) >= 11 is 0. The molecule has 17 heavy (non-hydrogen) atoms. The molecule has 0 fully saturated rings. The molecule has 2 rings (SSSR count). The summed E-state index contributed by atoms with van der Waals surface area (Å²) in [7, 11) is 0. The zero-order chi connectivity index (χ0) is 12.1. The lowest BCUT2D eigenvalue weighted by atomic mass is 10.00. The molecule has 0 radical (unpaired) electrons. The van der Waals surface area contributed by atoms with Gasteiger partial charge in [-0.2, -0.15) is 5.10 Å². The molecule has 0 amide bonds. The van der Waals surface area contributed by atoms with Gasteiger partial charge in [-0.1, -0.05) is 36.4 Å². The highest BCUT2D eigenvalue weighted by Gasteiger charge is 2.08. The minimum Gasteiger partial charge on any atom is -0.321 e. The van der Waals surface area contributed by atoms with Crippen LogP contribution in [-0.4, -0.2) is 5.84 Å². The van der Waals surface area contributed by atoms with Gasteiger partial charge in [0.25, 0.3) is 0 Å². The Morgan fingerprint density at radius 1 is 1.18 bits per heavy atom. The van der Waals surface area contributed by atoms with E-state index in [4.69, 9.17) is 11.7 Å². The molecule has 0 spiro atoms. The molecule has 84 valence electrons. The van der Waals surface area contributed by atoms with E-state index in [2.05, 4.69) is 22.7 Å². The maximum atomic E-state index is 5.39. The van der Waals surface area contributed by atoms with Crippen LogP contribution >= 0.6 is 0 Å². The zero-order valence-electron chi connectivity index (χ0n) is 9.14. The van der Waals surface area contributed by atoms with E-state index in [0.29, 0.717) is 5.84 Å². The fraction of sp³-hybridized carbons (Fsp3) is 0. The maximum Gasteiger partial charge on any atom is 0.167 e. The summed E-state index contributed by atoms with van der Waals surface area (Å²) < 4.78 is 0. The smallest absolute Gasteiger partial charge is 0.167 e. The highest BCUT2D eigenvalue weighted by atomic mass is 15.3. The van der Waals surface area contributed by atoms with Crippen LogP contribution in [0.15, 0.2) is 47.6 Å². The van der Waals surface area contributed by atoms with Crippen molar-refractivity contribution in [2.45, 2.75) is 0 Å². The molecule has 2 aromatic rings. The van der Waals surface area contributed by atoms with E-state index in [0.717, 1.165) is 16.7 Å². The third kappa shape index (κ3) is 2.19. The lowest BCUT2D eigenvalue weighted by Crippen LogP contribution is -2.32. The van der Waals surface area contributed by atoms with E-state index in [-0.39, 0.29) is 0 Å². The van der Waals surface area contributed by atoms with Crippen LogP contribution < -0.4 is 17.1 Å². The van der Waals surface area contributed by atoms with Gasteiger partial charge in [-0.25, -0.2) is 5.84 Å². The Kier molecular flexibility index (Phi) is 3.24. The van der Waals surface area contributed by atoms with Crippen LogP contribution in [-0.2, 0) is 0 Å². The predicted octanol–water partition coefficient (Wildman–Crippen LogP) is 1.04. The average molecular weight is 224 g/mol. The largest absolute Gasteiger partial charge is 0.321 e. The molecule has 0 saturated heterocycles. The van der Waals surface area contributed by atoms with E-state index in [1.807, 2.05) is 36.4 Å². The van der Waals surface area contributed by atoms with Gasteiger partial charge in [0.15, 0.2) is 5.84 Å². The van der Waals surface area contributed by atoms with Crippen molar-refractivity contribution in [1.82, 2.24) is 5.43 Å². The molecule has 4 nitrogen and oxygen atoms in total. The van der Waals surface area contributed by atoms with Crippen molar-refractivity contribution in [3.05, 3.63) is 60.2 Å². The van der Waals surface area contributed by atoms with Crippen LogP contribution in [0.5, 0.6) is 0 Å². The lowest BCUT2D eigenvalue weighted by molar-refractivity contribution is 1.00. The second kappa shape index (κ2) is 5.01. The van der Waals surface area contributed by atoms with Crippen LogP contribution in [0.4, 0.5) is 0 Å². The average Bonchev–Trinajstić information content (AvgIpc) is 2.42. The van der Waals surface area contributed by atoms with E-state index >= 15 is 0 Å².